The molecular weight excluding hydrogens is 352 g/mol. The van der Waals surface area contributed by atoms with Crippen LogP contribution in [-0.2, 0) is 19.1 Å². The maximum Gasteiger partial charge on any atom is 0.303 e. The fourth-order valence-electron chi connectivity index (χ4n) is 2.70. The van der Waals surface area contributed by atoms with Gasteiger partial charge in [-0.05, 0) is 12.1 Å². The van der Waals surface area contributed by atoms with Gasteiger partial charge in [-0.25, -0.2) is 0 Å². The van der Waals surface area contributed by atoms with Crippen molar-refractivity contribution in [2.75, 3.05) is 5.32 Å². The summed E-state index contributed by atoms with van der Waals surface area (Å²) in [6.07, 6.45) is -1.26. The molecule has 2 aromatic rings. The summed E-state index contributed by atoms with van der Waals surface area (Å²) in [5.41, 5.74) is 0.185. The first kappa shape index (κ1) is 18.0. The Morgan fingerprint density at radius 3 is 2.33 bits per heavy atom. The van der Waals surface area contributed by atoms with E-state index in [9.17, 15) is 24.0 Å². The molecule has 0 radical (unpaired) electrons. The number of Topliss-reactive ketones (excluding diaryl/α,β-unsaturated/α-hetero) is 1. The number of imide groups is 1. The van der Waals surface area contributed by atoms with Crippen LogP contribution in [0.25, 0.3) is 0 Å². The number of hydrogen-bond acceptors (Lipinski definition) is 6. The quantitative estimate of drug-likeness (QED) is 0.479. The SMILES string of the molecule is CC(=O)OC(C(=O)Nc1cccc2c1C(=O)C(=O)NC2=O)c1ccccc1. The molecule has 0 saturated carbocycles. The minimum Gasteiger partial charge on any atom is -0.447 e. The monoisotopic (exact) mass is 366 g/mol. The molecule has 27 heavy (non-hydrogen) atoms. The van der Waals surface area contributed by atoms with E-state index in [1.54, 1.807) is 30.3 Å². The third-order valence-electron chi connectivity index (χ3n) is 3.85. The third kappa shape index (κ3) is 3.59. The van der Waals surface area contributed by atoms with Crippen LogP contribution in [0.3, 0.4) is 0 Å². The summed E-state index contributed by atoms with van der Waals surface area (Å²) in [7, 11) is 0. The summed E-state index contributed by atoms with van der Waals surface area (Å²) < 4.78 is 5.10. The van der Waals surface area contributed by atoms with Crippen LogP contribution in [-0.4, -0.2) is 29.5 Å². The van der Waals surface area contributed by atoms with E-state index in [1.165, 1.54) is 25.1 Å². The first-order chi connectivity index (χ1) is 12.9. The van der Waals surface area contributed by atoms with Crippen LogP contribution in [0.15, 0.2) is 48.5 Å². The predicted octanol–water partition coefficient (Wildman–Crippen LogP) is 1.38. The lowest BCUT2D eigenvalue weighted by atomic mass is 9.96. The van der Waals surface area contributed by atoms with Crippen molar-refractivity contribution in [3.63, 3.8) is 0 Å². The van der Waals surface area contributed by atoms with Crippen LogP contribution in [0, 0.1) is 0 Å². The second-order valence-electron chi connectivity index (χ2n) is 5.73. The molecule has 1 unspecified atom stereocenters. The van der Waals surface area contributed by atoms with Gasteiger partial charge in [-0.1, -0.05) is 36.4 Å². The number of carbonyl (C=O) groups is 5. The molecule has 136 valence electrons. The summed E-state index contributed by atoms with van der Waals surface area (Å²) >= 11 is 0. The molecule has 2 aromatic carbocycles. The number of anilines is 1. The summed E-state index contributed by atoms with van der Waals surface area (Å²) in [4.78, 5) is 59.9. The van der Waals surface area contributed by atoms with Crippen molar-refractivity contribution in [1.29, 1.82) is 0 Å². The zero-order valence-electron chi connectivity index (χ0n) is 14.1. The Kier molecular flexibility index (Phi) is 4.80. The molecule has 0 aliphatic carbocycles. The maximum absolute atomic E-state index is 12.7. The third-order valence-corrected chi connectivity index (χ3v) is 3.85. The number of benzene rings is 2. The molecule has 3 rings (SSSR count). The van der Waals surface area contributed by atoms with E-state index in [-0.39, 0.29) is 16.8 Å². The average Bonchev–Trinajstić information content (AvgIpc) is 2.64. The Bertz CT molecular complexity index is 967. The number of ketones is 1. The van der Waals surface area contributed by atoms with E-state index in [0.717, 1.165) is 0 Å². The first-order valence-corrected chi connectivity index (χ1v) is 7.94. The zero-order valence-corrected chi connectivity index (χ0v) is 14.1. The fourth-order valence-corrected chi connectivity index (χ4v) is 2.70. The van der Waals surface area contributed by atoms with Crippen LogP contribution in [0.5, 0.6) is 0 Å². The molecule has 0 saturated heterocycles. The summed E-state index contributed by atoms with van der Waals surface area (Å²) in [5, 5.41) is 4.41. The van der Waals surface area contributed by atoms with E-state index < -0.39 is 35.6 Å². The van der Waals surface area contributed by atoms with Crippen molar-refractivity contribution < 1.29 is 28.7 Å². The van der Waals surface area contributed by atoms with Crippen molar-refractivity contribution in [3.05, 3.63) is 65.2 Å². The minimum absolute atomic E-state index is 0.0150. The fraction of sp³-hybridized carbons (Fsp3) is 0.105. The van der Waals surface area contributed by atoms with Crippen molar-refractivity contribution in [1.82, 2.24) is 5.32 Å². The highest BCUT2D eigenvalue weighted by Gasteiger charge is 2.34. The number of nitrogens with one attached hydrogen (secondary N) is 2. The number of esters is 1. The average molecular weight is 366 g/mol. The summed E-state index contributed by atoms with van der Waals surface area (Å²) in [5.74, 6) is -4.14. The van der Waals surface area contributed by atoms with Gasteiger partial charge >= 0.3 is 5.97 Å². The van der Waals surface area contributed by atoms with Crippen LogP contribution in [0.1, 0.15) is 39.3 Å². The molecule has 8 nitrogen and oxygen atoms in total. The molecule has 1 atom stereocenters. The van der Waals surface area contributed by atoms with Gasteiger partial charge in [-0.15, -0.1) is 0 Å². The van der Waals surface area contributed by atoms with E-state index in [1.807, 2.05) is 5.32 Å². The second-order valence-corrected chi connectivity index (χ2v) is 5.73. The van der Waals surface area contributed by atoms with Crippen molar-refractivity contribution in [2.24, 2.45) is 0 Å². The van der Waals surface area contributed by atoms with Gasteiger partial charge in [0.2, 0.25) is 6.10 Å². The molecule has 0 spiro atoms. The number of ether oxygens (including phenoxy) is 1. The summed E-state index contributed by atoms with van der Waals surface area (Å²) in [6, 6.07) is 12.5. The Morgan fingerprint density at radius 1 is 0.963 bits per heavy atom. The van der Waals surface area contributed by atoms with Gasteiger partial charge in [-0.2, -0.15) is 0 Å². The van der Waals surface area contributed by atoms with Crippen LogP contribution in [0.4, 0.5) is 5.69 Å². The molecule has 3 amide bonds. The van der Waals surface area contributed by atoms with Gasteiger partial charge in [0, 0.05) is 12.5 Å². The van der Waals surface area contributed by atoms with Gasteiger partial charge < -0.3 is 10.1 Å². The van der Waals surface area contributed by atoms with E-state index in [4.69, 9.17) is 4.74 Å². The van der Waals surface area contributed by atoms with Crippen LogP contribution >= 0.6 is 0 Å². The molecule has 1 aliphatic heterocycles. The molecule has 0 bridgehead atoms. The van der Waals surface area contributed by atoms with Gasteiger partial charge in [0.25, 0.3) is 23.5 Å². The van der Waals surface area contributed by atoms with Gasteiger partial charge in [0.1, 0.15) is 0 Å². The number of carbonyl (C=O) groups excluding carboxylic acids is 5. The largest absolute Gasteiger partial charge is 0.447 e. The molecule has 1 heterocycles. The molecule has 1 aliphatic rings. The van der Waals surface area contributed by atoms with Gasteiger partial charge in [0.15, 0.2) is 0 Å². The van der Waals surface area contributed by atoms with Crippen LogP contribution < -0.4 is 10.6 Å². The van der Waals surface area contributed by atoms with Gasteiger partial charge in [0.05, 0.1) is 16.8 Å². The maximum atomic E-state index is 12.7. The Balaban J connectivity index is 1.97. The highest BCUT2D eigenvalue weighted by Crippen LogP contribution is 2.26. The minimum atomic E-state index is -1.26. The van der Waals surface area contributed by atoms with Crippen molar-refractivity contribution >= 4 is 35.2 Å². The predicted molar refractivity (Wildman–Crippen MR) is 92.8 cm³/mol. The molecule has 2 N–H and O–H groups in total. The number of fused-ring (bicyclic) bond motifs is 1. The zero-order chi connectivity index (χ0) is 19.6. The number of rotatable bonds is 4. The van der Waals surface area contributed by atoms with E-state index in [2.05, 4.69) is 5.32 Å². The van der Waals surface area contributed by atoms with E-state index >= 15 is 0 Å². The topological polar surface area (TPSA) is 119 Å². The molecular formula is C19H14N2O6. The lowest BCUT2D eigenvalue weighted by Gasteiger charge is -2.20. The Labute approximate surface area is 153 Å². The standard InChI is InChI=1S/C19H14N2O6/c1-10(22)27-16(11-6-3-2-4-7-11)19(26)20-13-9-5-8-12-14(13)15(23)18(25)21-17(12)24/h2-9,16H,1H3,(H,20,26)(H,21,24,25). The molecule has 8 heteroatoms. The normalized spacial score (nSPS) is 14.0. The smallest absolute Gasteiger partial charge is 0.303 e. The molecule has 0 aromatic heterocycles. The molecule has 0 fully saturated rings. The van der Waals surface area contributed by atoms with Crippen molar-refractivity contribution in [3.8, 4) is 0 Å². The number of amides is 3. The van der Waals surface area contributed by atoms with Gasteiger partial charge in [-0.3, -0.25) is 29.3 Å². The second kappa shape index (κ2) is 7.20. The highest BCUT2D eigenvalue weighted by molar-refractivity contribution is 6.50. The lowest BCUT2D eigenvalue weighted by molar-refractivity contribution is -0.152. The number of hydrogen-bond donors (Lipinski definition) is 2. The van der Waals surface area contributed by atoms with Crippen molar-refractivity contribution in [2.45, 2.75) is 13.0 Å². The highest BCUT2D eigenvalue weighted by atomic mass is 16.5. The Morgan fingerprint density at radius 2 is 1.67 bits per heavy atom. The first-order valence-electron chi connectivity index (χ1n) is 7.94. The summed E-state index contributed by atoms with van der Waals surface area (Å²) in [6.45, 7) is 1.17. The lowest BCUT2D eigenvalue weighted by Crippen LogP contribution is -2.42. The van der Waals surface area contributed by atoms with E-state index in [0.29, 0.717) is 5.56 Å². The van der Waals surface area contributed by atoms with Crippen LogP contribution in [0.2, 0.25) is 0 Å². The Hall–Kier alpha value is -3.81.